The fourth-order valence-corrected chi connectivity index (χ4v) is 7.76. The van der Waals surface area contributed by atoms with Gasteiger partial charge in [-0.2, -0.15) is 9.13 Å². The predicted octanol–water partition coefficient (Wildman–Crippen LogP) is 9.89. The van der Waals surface area contributed by atoms with E-state index < -0.39 is 0 Å². The van der Waals surface area contributed by atoms with E-state index in [0.29, 0.717) is 17.8 Å². The van der Waals surface area contributed by atoms with Gasteiger partial charge < -0.3 is 4.42 Å². The fraction of sp³-hybridized carbons (Fsp3) is 0.268. The molecule has 5 heterocycles. The number of fused-ring (bicyclic) bond motifs is 13. The second kappa shape index (κ2) is 10.3. The molecule has 2 aliphatic rings. The Kier molecular flexibility index (Phi) is 6.34. The lowest BCUT2D eigenvalue weighted by atomic mass is 9.76. The normalized spacial score (nSPS) is 17.7. The van der Waals surface area contributed by atoms with Gasteiger partial charge in [0.1, 0.15) is 11.2 Å². The molecule has 2 aliphatic heterocycles. The highest BCUT2D eigenvalue weighted by Gasteiger charge is 2.42. The van der Waals surface area contributed by atoms with Gasteiger partial charge in [-0.25, -0.2) is 0 Å². The monoisotopic (exact) mass is 576 g/mol. The van der Waals surface area contributed by atoms with Crippen LogP contribution in [0.3, 0.4) is 0 Å². The van der Waals surface area contributed by atoms with Crippen molar-refractivity contribution >= 4 is 27.6 Å². The molecule has 0 spiro atoms. The van der Waals surface area contributed by atoms with E-state index in [1.54, 1.807) is 0 Å². The molecule has 0 N–H and O–H groups in total. The maximum absolute atomic E-state index is 6.80. The lowest BCUT2D eigenvalue weighted by molar-refractivity contribution is -0.720. The third kappa shape index (κ3) is 4.17. The van der Waals surface area contributed by atoms with Crippen molar-refractivity contribution in [2.24, 2.45) is 0 Å². The second-order valence-electron chi connectivity index (χ2n) is 13.4. The summed E-state index contributed by atoms with van der Waals surface area (Å²) >= 11 is 0. The van der Waals surface area contributed by atoms with Crippen molar-refractivity contribution in [2.75, 3.05) is 0 Å². The number of benzene rings is 3. The minimum Gasteiger partial charge on any atom is -0.455 e. The van der Waals surface area contributed by atoms with E-state index in [0.717, 1.165) is 41.8 Å². The minimum absolute atomic E-state index is 0.280. The van der Waals surface area contributed by atoms with Gasteiger partial charge in [0.25, 0.3) is 0 Å². The molecule has 0 radical (unpaired) electrons. The molecule has 0 saturated heterocycles. The van der Waals surface area contributed by atoms with Crippen molar-refractivity contribution in [2.45, 2.75) is 70.8 Å². The van der Waals surface area contributed by atoms with Crippen LogP contribution >= 0.6 is 0 Å². The van der Waals surface area contributed by atoms with Gasteiger partial charge in [0.2, 0.25) is 11.4 Å². The zero-order chi connectivity index (χ0) is 30.1. The Morgan fingerprint density at radius 2 is 1.50 bits per heavy atom. The molecule has 218 valence electrons. The fourth-order valence-electron chi connectivity index (χ4n) is 7.76. The first-order chi connectivity index (χ1) is 21.4. The lowest BCUT2D eigenvalue weighted by Crippen LogP contribution is -2.49. The minimum atomic E-state index is 0.280. The zero-order valence-electron chi connectivity index (χ0n) is 26.2. The van der Waals surface area contributed by atoms with E-state index in [9.17, 15) is 0 Å². The van der Waals surface area contributed by atoms with Gasteiger partial charge in [-0.15, -0.1) is 0 Å². The van der Waals surface area contributed by atoms with Crippen LogP contribution in [-0.4, -0.2) is 0 Å². The third-order valence-electron chi connectivity index (χ3n) is 10.2. The van der Waals surface area contributed by atoms with Crippen LogP contribution in [0.4, 0.5) is 0 Å². The topological polar surface area (TPSA) is 20.9 Å². The number of rotatable bonds is 2. The highest BCUT2D eigenvalue weighted by atomic mass is 16.3. The summed E-state index contributed by atoms with van der Waals surface area (Å²) in [5, 5.41) is 2.36. The predicted molar refractivity (Wildman–Crippen MR) is 180 cm³/mol. The average molecular weight is 577 g/mol. The van der Waals surface area contributed by atoms with Crippen molar-refractivity contribution in [1.82, 2.24) is 0 Å². The Hall–Kier alpha value is -4.50. The Bertz CT molecular complexity index is 2100. The largest absolute Gasteiger partial charge is 0.455 e. The Balaban J connectivity index is 1.34. The van der Waals surface area contributed by atoms with Gasteiger partial charge in [0.05, 0.1) is 17.5 Å². The van der Waals surface area contributed by atoms with Gasteiger partial charge in [-0.05, 0) is 77.8 Å². The van der Waals surface area contributed by atoms with Crippen molar-refractivity contribution in [3.63, 3.8) is 0 Å². The number of hydrogen-bond acceptors (Lipinski definition) is 1. The summed E-state index contributed by atoms with van der Waals surface area (Å²) in [6.07, 6.45) is 7.35. The Morgan fingerprint density at radius 1 is 0.773 bits per heavy atom. The molecule has 3 aromatic carbocycles. The first-order valence-corrected chi connectivity index (χ1v) is 16.2. The first-order valence-electron chi connectivity index (χ1n) is 16.2. The number of nitrogens with zero attached hydrogens (tertiary/aromatic N) is 2. The number of furan rings is 1. The summed E-state index contributed by atoms with van der Waals surface area (Å²) in [5.74, 6) is 1.30. The number of allylic oxidation sites excluding steroid dienone is 1. The average Bonchev–Trinajstić information content (AvgIpc) is 3.41. The molecule has 2 unspecified atom stereocenters. The standard InChI is InChI=1S/C41H40N2O/c1-25(2)29-14-16-31-32-17-12-28-13-19-34-33-18-15-30(26(3)4)24-39(33)44-41(34)40(28)37-11-7-8-20-42(37)27(5)22-38(32)43-21-9-6-10-36(43)35(31)23-29/h6-11,13-16,18-21,23-26,32,38H,5,12,17,22H2,1-4H3/q+2. The maximum Gasteiger partial charge on any atom is 0.222 e. The van der Waals surface area contributed by atoms with Crippen LogP contribution in [0.15, 0.2) is 108 Å². The SMILES string of the molecule is C=C1CC2C(CCc3ccc4c(oc5cc(C(C)C)ccc54)c3-c3cccc[n+]31)c1ccc(C(C)C)cc1-c1cccc[n+]12. The molecule has 0 saturated carbocycles. The smallest absolute Gasteiger partial charge is 0.222 e. The molecule has 0 fully saturated rings. The summed E-state index contributed by atoms with van der Waals surface area (Å²) in [6.45, 7) is 13.8. The number of aromatic nitrogens is 2. The first kappa shape index (κ1) is 27.1. The molecule has 2 atom stereocenters. The quantitative estimate of drug-likeness (QED) is 0.188. The zero-order valence-corrected chi connectivity index (χ0v) is 26.2. The number of aryl methyl sites for hydroxylation is 1. The van der Waals surface area contributed by atoms with E-state index >= 15 is 0 Å². The number of hydrogen-bond donors (Lipinski definition) is 0. The van der Waals surface area contributed by atoms with Crippen LogP contribution in [0.25, 0.3) is 50.2 Å². The molecule has 3 aromatic heterocycles. The van der Waals surface area contributed by atoms with E-state index in [2.05, 4.69) is 134 Å². The molecule has 3 heteroatoms. The van der Waals surface area contributed by atoms with Crippen LogP contribution in [0.2, 0.25) is 0 Å². The molecule has 6 aromatic rings. The molecule has 3 nitrogen and oxygen atoms in total. The van der Waals surface area contributed by atoms with Gasteiger partial charge in [-0.1, -0.05) is 64.1 Å². The summed E-state index contributed by atoms with van der Waals surface area (Å²) in [5.41, 5.74) is 13.6. The van der Waals surface area contributed by atoms with Gasteiger partial charge in [0.15, 0.2) is 24.1 Å². The summed E-state index contributed by atoms with van der Waals surface area (Å²) in [7, 11) is 0. The van der Waals surface area contributed by atoms with Gasteiger partial charge >= 0.3 is 0 Å². The van der Waals surface area contributed by atoms with Gasteiger partial charge in [0, 0.05) is 41.0 Å². The number of pyridine rings is 2. The Morgan fingerprint density at radius 3 is 2.32 bits per heavy atom. The molecular formula is C41H40N2O+2. The van der Waals surface area contributed by atoms with Crippen molar-refractivity contribution in [3.8, 4) is 22.5 Å². The van der Waals surface area contributed by atoms with E-state index in [4.69, 9.17) is 11.0 Å². The molecule has 44 heavy (non-hydrogen) atoms. The summed E-state index contributed by atoms with van der Waals surface area (Å²) in [6, 6.07) is 32.0. The third-order valence-corrected chi connectivity index (χ3v) is 10.2. The van der Waals surface area contributed by atoms with E-state index in [-0.39, 0.29) is 6.04 Å². The van der Waals surface area contributed by atoms with Crippen LogP contribution in [0, 0.1) is 0 Å². The summed E-state index contributed by atoms with van der Waals surface area (Å²) < 4.78 is 11.6. The lowest BCUT2D eigenvalue weighted by Gasteiger charge is -2.31. The highest BCUT2D eigenvalue weighted by Crippen LogP contribution is 2.46. The van der Waals surface area contributed by atoms with Crippen molar-refractivity contribution in [1.29, 1.82) is 0 Å². The highest BCUT2D eigenvalue weighted by molar-refractivity contribution is 6.10. The Labute approximate surface area is 260 Å². The van der Waals surface area contributed by atoms with E-state index in [1.807, 2.05) is 0 Å². The van der Waals surface area contributed by atoms with Crippen LogP contribution in [-0.2, 0) is 6.42 Å². The van der Waals surface area contributed by atoms with Crippen molar-refractivity contribution in [3.05, 3.63) is 126 Å². The summed E-state index contributed by atoms with van der Waals surface area (Å²) in [4.78, 5) is 0. The molecular weight excluding hydrogens is 536 g/mol. The molecule has 8 rings (SSSR count). The maximum atomic E-state index is 6.80. The van der Waals surface area contributed by atoms with Crippen LogP contribution in [0.1, 0.15) is 86.6 Å². The van der Waals surface area contributed by atoms with Crippen LogP contribution in [0.5, 0.6) is 0 Å². The van der Waals surface area contributed by atoms with Crippen LogP contribution < -0.4 is 9.13 Å². The van der Waals surface area contributed by atoms with E-state index in [1.165, 1.54) is 49.8 Å². The van der Waals surface area contributed by atoms with Crippen molar-refractivity contribution < 1.29 is 13.6 Å². The molecule has 0 aliphatic carbocycles. The van der Waals surface area contributed by atoms with Gasteiger partial charge in [-0.3, -0.25) is 0 Å². The second-order valence-corrected chi connectivity index (χ2v) is 13.4. The molecule has 0 bridgehead atoms. The molecule has 0 amide bonds.